The SMILES string of the molecule is Cc1ccc(NC(=O)c2ccccc2)c([C@@H]([NH2+]CC(=O)[O-])c2ccccc2)c1. The van der Waals surface area contributed by atoms with E-state index in [2.05, 4.69) is 5.32 Å². The van der Waals surface area contributed by atoms with Crippen molar-refractivity contribution in [2.24, 2.45) is 0 Å². The number of nitrogens with one attached hydrogen (secondary N) is 1. The van der Waals surface area contributed by atoms with Crippen LogP contribution in [0.2, 0.25) is 0 Å². The molecule has 0 unspecified atom stereocenters. The molecule has 5 nitrogen and oxygen atoms in total. The smallest absolute Gasteiger partial charge is 0.255 e. The molecule has 28 heavy (non-hydrogen) atoms. The Labute approximate surface area is 164 Å². The molecule has 0 aliphatic heterocycles. The number of nitrogens with two attached hydrogens (primary N) is 1. The van der Waals surface area contributed by atoms with E-state index >= 15 is 0 Å². The third kappa shape index (κ3) is 4.84. The summed E-state index contributed by atoms with van der Waals surface area (Å²) in [5, 5.41) is 15.7. The van der Waals surface area contributed by atoms with Gasteiger partial charge in [-0.15, -0.1) is 0 Å². The van der Waals surface area contributed by atoms with Crippen LogP contribution in [-0.2, 0) is 4.79 Å². The average Bonchev–Trinajstić information content (AvgIpc) is 2.71. The summed E-state index contributed by atoms with van der Waals surface area (Å²) in [4.78, 5) is 23.7. The summed E-state index contributed by atoms with van der Waals surface area (Å²) in [6, 6.07) is 24.1. The predicted molar refractivity (Wildman–Crippen MR) is 106 cm³/mol. The third-order valence-corrected chi connectivity index (χ3v) is 4.51. The molecule has 0 aliphatic rings. The second kappa shape index (κ2) is 8.97. The maximum Gasteiger partial charge on any atom is 0.255 e. The zero-order chi connectivity index (χ0) is 19.9. The molecule has 0 saturated heterocycles. The second-order valence-corrected chi connectivity index (χ2v) is 6.61. The summed E-state index contributed by atoms with van der Waals surface area (Å²) in [5.74, 6) is -1.35. The molecule has 3 aromatic carbocycles. The number of carboxylic acids is 1. The molecule has 142 valence electrons. The first-order chi connectivity index (χ1) is 13.5. The van der Waals surface area contributed by atoms with Crippen molar-refractivity contribution in [2.45, 2.75) is 13.0 Å². The van der Waals surface area contributed by atoms with Crippen LogP contribution < -0.4 is 15.7 Å². The van der Waals surface area contributed by atoms with Crippen LogP contribution >= 0.6 is 0 Å². The lowest BCUT2D eigenvalue weighted by Gasteiger charge is -2.21. The molecule has 3 aromatic rings. The van der Waals surface area contributed by atoms with Crippen molar-refractivity contribution in [3.05, 3.63) is 101 Å². The normalized spacial score (nSPS) is 11.6. The molecule has 1 amide bonds. The highest BCUT2D eigenvalue weighted by atomic mass is 16.4. The van der Waals surface area contributed by atoms with Crippen molar-refractivity contribution in [1.82, 2.24) is 0 Å². The Hall–Kier alpha value is -3.44. The van der Waals surface area contributed by atoms with Crippen molar-refractivity contribution in [3.8, 4) is 0 Å². The van der Waals surface area contributed by atoms with Gasteiger partial charge in [0.1, 0.15) is 12.6 Å². The monoisotopic (exact) mass is 374 g/mol. The van der Waals surface area contributed by atoms with Gasteiger partial charge in [-0.1, -0.05) is 60.2 Å². The van der Waals surface area contributed by atoms with Crippen LogP contribution in [0.1, 0.15) is 33.1 Å². The number of anilines is 1. The molecule has 0 spiro atoms. The molecule has 0 saturated carbocycles. The van der Waals surface area contributed by atoms with Gasteiger partial charge in [-0.25, -0.2) is 0 Å². The Morgan fingerprint density at radius 3 is 2.25 bits per heavy atom. The second-order valence-electron chi connectivity index (χ2n) is 6.61. The molecule has 0 aliphatic carbocycles. The third-order valence-electron chi connectivity index (χ3n) is 4.51. The van der Waals surface area contributed by atoms with E-state index in [1.165, 1.54) is 0 Å². The van der Waals surface area contributed by atoms with Gasteiger partial charge >= 0.3 is 0 Å². The summed E-state index contributed by atoms with van der Waals surface area (Å²) in [7, 11) is 0. The number of aliphatic carboxylic acids is 1. The van der Waals surface area contributed by atoms with Crippen molar-refractivity contribution in [3.63, 3.8) is 0 Å². The zero-order valence-electron chi connectivity index (χ0n) is 15.6. The van der Waals surface area contributed by atoms with Gasteiger partial charge in [-0.05, 0) is 31.2 Å². The highest BCUT2D eigenvalue weighted by Gasteiger charge is 2.22. The highest BCUT2D eigenvalue weighted by Crippen LogP contribution is 2.27. The molecular weight excluding hydrogens is 352 g/mol. The number of rotatable bonds is 7. The van der Waals surface area contributed by atoms with E-state index in [0.717, 1.165) is 16.7 Å². The zero-order valence-corrected chi connectivity index (χ0v) is 15.6. The molecule has 3 rings (SSSR count). The van der Waals surface area contributed by atoms with Crippen LogP contribution in [0, 0.1) is 6.92 Å². The minimum atomic E-state index is -1.14. The quantitative estimate of drug-likeness (QED) is 0.659. The van der Waals surface area contributed by atoms with E-state index in [1.807, 2.05) is 73.7 Å². The summed E-state index contributed by atoms with van der Waals surface area (Å²) in [6.45, 7) is 1.78. The van der Waals surface area contributed by atoms with Gasteiger partial charge in [0.25, 0.3) is 5.91 Å². The van der Waals surface area contributed by atoms with Gasteiger partial charge < -0.3 is 20.5 Å². The molecule has 3 N–H and O–H groups in total. The predicted octanol–water partition coefficient (Wildman–Crippen LogP) is 1.65. The average molecular weight is 374 g/mol. The van der Waals surface area contributed by atoms with Crippen molar-refractivity contribution in [1.29, 1.82) is 0 Å². The number of amides is 1. The van der Waals surface area contributed by atoms with Crippen molar-refractivity contribution in [2.75, 3.05) is 11.9 Å². The van der Waals surface area contributed by atoms with Gasteiger partial charge in [0, 0.05) is 16.7 Å². The maximum absolute atomic E-state index is 12.7. The first-order valence-electron chi connectivity index (χ1n) is 9.09. The van der Waals surface area contributed by atoms with Gasteiger partial charge in [-0.2, -0.15) is 0 Å². The van der Waals surface area contributed by atoms with Crippen LogP contribution in [0.4, 0.5) is 5.69 Å². The van der Waals surface area contributed by atoms with Crippen LogP contribution in [0.5, 0.6) is 0 Å². The fourth-order valence-corrected chi connectivity index (χ4v) is 3.15. The summed E-state index contributed by atoms with van der Waals surface area (Å²) in [5.41, 5.74) is 4.03. The molecule has 0 aromatic heterocycles. The Bertz CT molecular complexity index is 956. The first kappa shape index (κ1) is 19.3. The van der Waals surface area contributed by atoms with Crippen LogP contribution in [0.25, 0.3) is 0 Å². The minimum absolute atomic E-state index is 0.181. The van der Waals surface area contributed by atoms with E-state index in [9.17, 15) is 14.7 Å². The Kier molecular flexibility index (Phi) is 6.19. The topological polar surface area (TPSA) is 85.8 Å². The number of carbonyl (C=O) groups is 2. The lowest BCUT2D eigenvalue weighted by Crippen LogP contribution is -2.88. The fourth-order valence-electron chi connectivity index (χ4n) is 3.15. The number of benzene rings is 3. The van der Waals surface area contributed by atoms with E-state index in [-0.39, 0.29) is 18.5 Å². The summed E-state index contributed by atoms with van der Waals surface area (Å²) in [6.07, 6.45) is 0. The fraction of sp³-hybridized carbons (Fsp3) is 0.130. The van der Waals surface area contributed by atoms with Gasteiger partial charge in [0.05, 0.1) is 11.7 Å². The van der Waals surface area contributed by atoms with Gasteiger partial charge in [0.2, 0.25) is 0 Å². The van der Waals surface area contributed by atoms with Crippen LogP contribution in [-0.4, -0.2) is 18.4 Å². The number of carboxylic acid groups (broad SMARTS) is 1. The molecule has 5 heteroatoms. The number of hydrogen-bond acceptors (Lipinski definition) is 3. The van der Waals surface area contributed by atoms with Gasteiger partial charge in [0.15, 0.2) is 0 Å². The van der Waals surface area contributed by atoms with E-state index in [4.69, 9.17) is 0 Å². The molecule has 0 fully saturated rings. The Morgan fingerprint density at radius 1 is 0.964 bits per heavy atom. The van der Waals surface area contributed by atoms with E-state index < -0.39 is 5.97 Å². The molecule has 0 heterocycles. The summed E-state index contributed by atoms with van der Waals surface area (Å²) >= 11 is 0. The number of hydrogen-bond donors (Lipinski definition) is 2. The minimum Gasteiger partial charge on any atom is -0.544 e. The Morgan fingerprint density at radius 2 is 1.61 bits per heavy atom. The first-order valence-corrected chi connectivity index (χ1v) is 9.09. The lowest BCUT2D eigenvalue weighted by atomic mass is 9.95. The molecule has 1 atom stereocenters. The number of carbonyl (C=O) groups excluding carboxylic acids is 2. The van der Waals surface area contributed by atoms with Crippen molar-refractivity contribution < 1.29 is 20.0 Å². The lowest BCUT2D eigenvalue weighted by molar-refractivity contribution is -0.682. The molecule has 0 radical (unpaired) electrons. The van der Waals surface area contributed by atoms with E-state index in [1.54, 1.807) is 17.4 Å². The van der Waals surface area contributed by atoms with Gasteiger partial charge in [-0.3, -0.25) is 4.79 Å². The van der Waals surface area contributed by atoms with Crippen LogP contribution in [0.3, 0.4) is 0 Å². The highest BCUT2D eigenvalue weighted by molar-refractivity contribution is 6.04. The van der Waals surface area contributed by atoms with E-state index in [0.29, 0.717) is 11.3 Å². The van der Waals surface area contributed by atoms with Crippen LogP contribution in [0.15, 0.2) is 78.9 Å². The number of quaternary nitrogens is 1. The van der Waals surface area contributed by atoms with Crippen molar-refractivity contribution >= 4 is 17.6 Å². The molecular formula is C23H22N2O3. The Balaban J connectivity index is 1.98. The summed E-state index contributed by atoms with van der Waals surface area (Å²) < 4.78 is 0. The largest absolute Gasteiger partial charge is 0.544 e. The number of aryl methyl sites for hydroxylation is 1. The standard InChI is InChI=1S/C23H22N2O3/c1-16-12-13-20(25-23(28)18-10-6-3-7-11-18)19(14-16)22(24-15-21(26)27)17-8-4-2-5-9-17/h2-14,22,24H,15H2,1H3,(H,25,28)(H,26,27)/t22-/m0/s1. The molecule has 0 bridgehead atoms. The maximum atomic E-state index is 12.7.